The third-order valence-electron chi connectivity index (χ3n) is 5.44. The Bertz CT molecular complexity index is 917. The Morgan fingerprint density at radius 2 is 2.15 bits per heavy atom. The Kier molecular flexibility index (Phi) is 4.15. The minimum atomic E-state index is 0.0311. The number of fused-ring (bicyclic) bond motifs is 1. The molecular weight excluding hydrogens is 326 g/mol. The number of nitriles is 1. The quantitative estimate of drug-likeness (QED) is 0.905. The molecule has 6 heteroatoms. The highest BCUT2D eigenvalue weighted by Crippen LogP contribution is 2.34. The van der Waals surface area contributed by atoms with E-state index in [0.717, 1.165) is 61.2 Å². The van der Waals surface area contributed by atoms with Crippen LogP contribution < -0.4 is 10.2 Å². The van der Waals surface area contributed by atoms with Crippen LogP contribution in [0.2, 0.25) is 0 Å². The second-order valence-corrected chi connectivity index (χ2v) is 7.28. The molecule has 1 N–H and O–H groups in total. The maximum atomic E-state index is 12.1. The predicted molar refractivity (Wildman–Crippen MR) is 101 cm³/mol. The summed E-state index contributed by atoms with van der Waals surface area (Å²) in [5.74, 6) is 0. The Hall–Kier alpha value is -2.81. The van der Waals surface area contributed by atoms with E-state index in [0.29, 0.717) is 5.56 Å². The topological polar surface area (TPSA) is 72.3 Å². The average Bonchev–Trinajstić information content (AvgIpc) is 3.06. The van der Waals surface area contributed by atoms with Crippen molar-refractivity contribution >= 4 is 22.6 Å². The minimum Gasteiger partial charge on any atom is -0.368 e. The fourth-order valence-electron chi connectivity index (χ4n) is 4.32. The molecule has 0 saturated carbocycles. The zero-order valence-corrected chi connectivity index (χ0v) is 15.2. The lowest BCUT2D eigenvalue weighted by Gasteiger charge is -2.39. The number of pyridine rings is 1. The lowest BCUT2D eigenvalue weighted by molar-refractivity contribution is 0.189. The summed E-state index contributed by atoms with van der Waals surface area (Å²) in [6.45, 7) is 7.27. The summed E-state index contributed by atoms with van der Waals surface area (Å²) in [4.78, 5) is 20.8. The van der Waals surface area contributed by atoms with E-state index in [1.54, 1.807) is 6.20 Å². The first-order chi connectivity index (χ1) is 12.6. The molecular formula is C20H23N5O. The molecule has 1 unspecified atom stereocenters. The Morgan fingerprint density at radius 3 is 2.88 bits per heavy atom. The second-order valence-electron chi connectivity index (χ2n) is 7.28. The van der Waals surface area contributed by atoms with Crippen LogP contribution in [0.25, 0.3) is 10.9 Å². The van der Waals surface area contributed by atoms with E-state index < -0.39 is 0 Å². The number of urea groups is 1. The third kappa shape index (κ3) is 2.74. The molecule has 0 aliphatic carbocycles. The first-order valence-corrected chi connectivity index (χ1v) is 9.18. The van der Waals surface area contributed by atoms with Crippen molar-refractivity contribution in [1.29, 1.82) is 5.26 Å². The number of piperidine rings is 1. The van der Waals surface area contributed by atoms with Crippen molar-refractivity contribution in [2.75, 3.05) is 31.1 Å². The largest absolute Gasteiger partial charge is 0.368 e. The van der Waals surface area contributed by atoms with Gasteiger partial charge in [0.15, 0.2) is 0 Å². The predicted octanol–water partition coefficient (Wildman–Crippen LogP) is 2.72. The van der Waals surface area contributed by atoms with Crippen LogP contribution in [0.5, 0.6) is 0 Å². The number of hydrogen-bond donors (Lipinski definition) is 1. The van der Waals surface area contributed by atoms with Gasteiger partial charge in [-0.05, 0) is 38.3 Å². The lowest BCUT2D eigenvalue weighted by atomic mass is 9.99. The molecule has 1 aromatic heterocycles. The van der Waals surface area contributed by atoms with Gasteiger partial charge in [0.2, 0.25) is 0 Å². The van der Waals surface area contributed by atoms with E-state index in [2.05, 4.69) is 47.3 Å². The molecule has 2 aromatic rings. The molecule has 0 spiro atoms. The summed E-state index contributed by atoms with van der Waals surface area (Å²) in [5, 5.41) is 13.6. The molecule has 0 radical (unpaired) electrons. The van der Waals surface area contributed by atoms with E-state index in [9.17, 15) is 10.1 Å². The van der Waals surface area contributed by atoms with Crippen LogP contribution in [0.15, 0.2) is 18.3 Å². The number of anilines is 1. The van der Waals surface area contributed by atoms with Gasteiger partial charge in [-0.25, -0.2) is 4.79 Å². The van der Waals surface area contributed by atoms with E-state index in [-0.39, 0.29) is 12.1 Å². The van der Waals surface area contributed by atoms with Crippen molar-refractivity contribution in [1.82, 2.24) is 15.2 Å². The molecule has 4 rings (SSSR count). The fourth-order valence-corrected chi connectivity index (χ4v) is 4.32. The number of hydrogen-bond acceptors (Lipinski definition) is 4. The zero-order chi connectivity index (χ0) is 18.3. The molecule has 0 bridgehead atoms. The van der Waals surface area contributed by atoms with E-state index in [1.165, 1.54) is 5.56 Å². The average molecular weight is 349 g/mol. The number of carbonyl (C=O) groups excluding carboxylic acids is 1. The Morgan fingerprint density at radius 1 is 1.31 bits per heavy atom. The first-order valence-electron chi connectivity index (χ1n) is 9.18. The van der Waals surface area contributed by atoms with Crippen molar-refractivity contribution in [3.63, 3.8) is 0 Å². The van der Waals surface area contributed by atoms with Crippen LogP contribution in [0.4, 0.5) is 10.5 Å². The van der Waals surface area contributed by atoms with Crippen LogP contribution in [-0.4, -0.2) is 48.1 Å². The van der Waals surface area contributed by atoms with Crippen molar-refractivity contribution < 1.29 is 4.79 Å². The summed E-state index contributed by atoms with van der Waals surface area (Å²) in [6.07, 6.45) is 3.70. The molecule has 6 nitrogen and oxygen atoms in total. The molecule has 1 atom stereocenters. The lowest BCUT2D eigenvalue weighted by Crippen LogP contribution is -2.49. The minimum absolute atomic E-state index is 0.0311. The number of amides is 2. The third-order valence-corrected chi connectivity index (χ3v) is 5.44. The number of rotatable bonds is 2. The van der Waals surface area contributed by atoms with E-state index >= 15 is 0 Å². The highest BCUT2D eigenvalue weighted by atomic mass is 16.2. The van der Waals surface area contributed by atoms with Gasteiger partial charge in [-0.1, -0.05) is 11.6 Å². The van der Waals surface area contributed by atoms with Crippen LogP contribution in [-0.2, 0) is 0 Å². The summed E-state index contributed by atoms with van der Waals surface area (Å²) in [7, 11) is 0. The van der Waals surface area contributed by atoms with Gasteiger partial charge in [-0.15, -0.1) is 0 Å². The van der Waals surface area contributed by atoms with Gasteiger partial charge in [0.25, 0.3) is 0 Å². The van der Waals surface area contributed by atoms with Crippen LogP contribution in [0.1, 0.15) is 29.5 Å². The summed E-state index contributed by atoms with van der Waals surface area (Å²) >= 11 is 0. The molecule has 134 valence electrons. The normalized spacial score (nSPS) is 20.3. The molecule has 1 aromatic carbocycles. The zero-order valence-electron chi connectivity index (χ0n) is 15.2. The van der Waals surface area contributed by atoms with E-state index in [1.807, 2.05) is 4.90 Å². The SMILES string of the molecule is Cc1cc(C)c2ncc(C#N)c(N3CCCC(N4CCNC4=O)C3)c2c1. The van der Waals surface area contributed by atoms with Crippen LogP contribution in [0.3, 0.4) is 0 Å². The number of aryl methyl sites for hydroxylation is 2. The van der Waals surface area contributed by atoms with Gasteiger partial charge in [0.1, 0.15) is 6.07 Å². The van der Waals surface area contributed by atoms with Gasteiger partial charge in [-0.2, -0.15) is 5.26 Å². The molecule has 2 amide bonds. The molecule has 2 aliphatic rings. The highest BCUT2D eigenvalue weighted by molar-refractivity contribution is 5.96. The fraction of sp³-hybridized carbons (Fsp3) is 0.450. The number of benzene rings is 1. The Labute approximate surface area is 153 Å². The van der Waals surface area contributed by atoms with Crippen molar-refractivity contribution in [3.05, 3.63) is 35.0 Å². The summed E-state index contributed by atoms with van der Waals surface area (Å²) < 4.78 is 0. The van der Waals surface area contributed by atoms with Crippen molar-refractivity contribution in [3.8, 4) is 6.07 Å². The van der Waals surface area contributed by atoms with E-state index in [4.69, 9.17) is 0 Å². The van der Waals surface area contributed by atoms with Crippen molar-refractivity contribution in [2.45, 2.75) is 32.7 Å². The van der Waals surface area contributed by atoms with Gasteiger partial charge in [0, 0.05) is 37.8 Å². The number of nitrogens with one attached hydrogen (secondary N) is 1. The summed E-state index contributed by atoms with van der Waals surface area (Å²) in [5.41, 5.74) is 4.81. The van der Waals surface area contributed by atoms with Gasteiger partial charge in [-0.3, -0.25) is 4.98 Å². The standard InChI is InChI=1S/C20H23N5O/c1-13-8-14(2)18-17(9-13)19(15(10-21)11-23-18)24-6-3-4-16(12-24)25-7-5-22-20(25)26/h8-9,11,16H,3-7,12H2,1-2H3,(H,22,26). The second kappa shape index (κ2) is 6.49. The van der Waals surface area contributed by atoms with Crippen molar-refractivity contribution in [2.24, 2.45) is 0 Å². The van der Waals surface area contributed by atoms with Crippen LogP contribution >= 0.6 is 0 Å². The molecule has 2 fully saturated rings. The van der Waals surface area contributed by atoms with Gasteiger partial charge < -0.3 is 15.1 Å². The maximum absolute atomic E-state index is 12.1. The first kappa shape index (κ1) is 16.6. The number of nitrogens with zero attached hydrogens (tertiary/aromatic N) is 4. The number of carbonyl (C=O) groups is 1. The molecule has 2 saturated heterocycles. The molecule has 2 aliphatic heterocycles. The van der Waals surface area contributed by atoms with Crippen LogP contribution in [0, 0.1) is 25.2 Å². The number of aromatic nitrogens is 1. The smallest absolute Gasteiger partial charge is 0.317 e. The summed E-state index contributed by atoms with van der Waals surface area (Å²) in [6, 6.07) is 6.78. The van der Waals surface area contributed by atoms with Gasteiger partial charge >= 0.3 is 6.03 Å². The molecule has 26 heavy (non-hydrogen) atoms. The molecule has 3 heterocycles. The Balaban J connectivity index is 1.77. The highest BCUT2D eigenvalue weighted by Gasteiger charge is 2.32. The monoisotopic (exact) mass is 349 g/mol. The van der Waals surface area contributed by atoms with Gasteiger partial charge in [0.05, 0.1) is 22.8 Å². The maximum Gasteiger partial charge on any atom is 0.317 e.